The third kappa shape index (κ3) is 8.16. The largest absolute Gasteiger partial charge is 0.411 e. The Morgan fingerprint density at radius 1 is 1.25 bits per heavy atom. The van der Waals surface area contributed by atoms with Crippen molar-refractivity contribution in [2.75, 3.05) is 26.2 Å². The first-order chi connectivity index (χ1) is 7.74. The van der Waals surface area contributed by atoms with Gasteiger partial charge in [-0.3, -0.25) is 10.0 Å². The Kier molecular flexibility index (Phi) is 9.58. The van der Waals surface area contributed by atoms with Crippen molar-refractivity contribution in [1.82, 2.24) is 16.1 Å². The molecule has 0 aromatic heterocycles. The molecule has 0 radical (unpaired) electrons. The molecule has 0 aromatic rings. The van der Waals surface area contributed by atoms with Crippen LogP contribution in [0.2, 0.25) is 0 Å². The van der Waals surface area contributed by atoms with Gasteiger partial charge in [-0.2, -0.15) is 0 Å². The van der Waals surface area contributed by atoms with E-state index in [1.54, 1.807) is 0 Å². The van der Waals surface area contributed by atoms with E-state index in [-0.39, 0.29) is 6.54 Å². The molecular weight excluding hydrogens is 212 g/mol. The Hall–Kier alpha value is -1.18. The van der Waals surface area contributed by atoms with Crippen molar-refractivity contribution in [2.45, 2.75) is 19.8 Å². The summed E-state index contributed by atoms with van der Waals surface area (Å²) < 4.78 is 0. The van der Waals surface area contributed by atoms with Gasteiger partial charge in [-0.05, 0) is 25.9 Å². The lowest BCUT2D eigenvalue weighted by Crippen LogP contribution is -2.33. The standard InChI is InChI=1S/C9H20N4O3/c1-2-8(12-15)6-10-4-3-5-11-7-9(14)13-16/h10-11,15-16H,2-7H2,1H3,(H,13,14). The van der Waals surface area contributed by atoms with Gasteiger partial charge in [0.05, 0.1) is 12.3 Å². The Morgan fingerprint density at radius 3 is 2.38 bits per heavy atom. The van der Waals surface area contributed by atoms with Crippen LogP contribution in [-0.2, 0) is 4.79 Å². The molecule has 0 fully saturated rings. The maximum Gasteiger partial charge on any atom is 0.257 e. The van der Waals surface area contributed by atoms with Gasteiger partial charge >= 0.3 is 0 Å². The summed E-state index contributed by atoms with van der Waals surface area (Å²) >= 11 is 0. The van der Waals surface area contributed by atoms with Crippen LogP contribution in [0.4, 0.5) is 0 Å². The predicted molar refractivity (Wildman–Crippen MR) is 59.8 cm³/mol. The fourth-order valence-corrected chi connectivity index (χ4v) is 1.04. The number of hydrogen-bond acceptors (Lipinski definition) is 6. The Bertz CT molecular complexity index is 221. The molecule has 94 valence electrons. The first-order valence-electron chi connectivity index (χ1n) is 5.28. The molecule has 0 unspecified atom stereocenters. The molecule has 0 bridgehead atoms. The van der Waals surface area contributed by atoms with Crippen LogP contribution in [0.3, 0.4) is 0 Å². The van der Waals surface area contributed by atoms with E-state index in [1.165, 1.54) is 5.48 Å². The molecule has 0 aliphatic carbocycles. The summed E-state index contributed by atoms with van der Waals surface area (Å²) in [5, 5.41) is 25.8. The van der Waals surface area contributed by atoms with Crippen LogP contribution < -0.4 is 16.1 Å². The van der Waals surface area contributed by atoms with Gasteiger partial charge in [0.15, 0.2) is 0 Å². The molecule has 5 N–H and O–H groups in total. The average Bonchev–Trinajstić information content (AvgIpc) is 2.32. The summed E-state index contributed by atoms with van der Waals surface area (Å²) in [6, 6.07) is 0. The first kappa shape index (κ1) is 14.8. The molecule has 7 nitrogen and oxygen atoms in total. The maximum absolute atomic E-state index is 10.6. The number of nitrogens with zero attached hydrogens (tertiary/aromatic N) is 1. The summed E-state index contributed by atoms with van der Waals surface area (Å²) in [4.78, 5) is 10.6. The monoisotopic (exact) mass is 232 g/mol. The van der Waals surface area contributed by atoms with Gasteiger partial charge in [0.1, 0.15) is 0 Å². The van der Waals surface area contributed by atoms with E-state index < -0.39 is 5.91 Å². The Balaban J connectivity index is 3.25. The summed E-state index contributed by atoms with van der Waals surface area (Å²) in [5.74, 6) is -0.450. The fraction of sp³-hybridized carbons (Fsp3) is 0.778. The summed E-state index contributed by atoms with van der Waals surface area (Å²) in [5.41, 5.74) is 2.25. The number of hydroxylamine groups is 1. The summed E-state index contributed by atoms with van der Waals surface area (Å²) in [7, 11) is 0. The number of hydrogen-bond donors (Lipinski definition) is 5. The first-order valence-corrected chi connectivity index (χ1v) is 5.28. The van der Waals surface area contributed by atoms with Gasteiger partial charge in [-0.25, -0.2) is 5.48 Å². The molecule has 0 saturated carbocycles. The van der Waals surface area contributed by atoms with Crippen LogP contribution >= 0.6 is 0 Å². The lowest BCUT2D eigenvalue weighted by atomic mass is 10.3. The summed E-state index contributed by atoms with van der Waals surface area (Å²) in [6.45, 7) is 4.05. The van der Waals surface area contributed by atoms with Crippen LogP contribution in [0.25, 0.3) is 0 Å². The van der Waals surface area contributed by atoms with Crippen LogP contribution in [0.15, 0.2) is 5.16 Å². The molecular formula is C9H20N4O3. The Labute approximate surface area is 94.9 Å². The summed E-state index contributed by atoms with van der Waals surface area (Å²) in [6.07, 6.45) is 1.57. The molecule has 1 amide bonds. The highest BCUT2D eigenvalue weighted by atomic mass is 16.5. The van der Waals surface area contributed by atoms with E-state index in [0.717, 1.165) is 19.4 Å². The predicted octanol–water partition coefficient (Wildman–Crippen LogP) is -0.699. The molecule has 0 heterocycles. The third-order valence-corrected chi connectivity index (χ3v) is 2.00. The van der Waals surface area contributed by atoms with Crippen molar-refractivity contribution < 1.29 is 15.2 Å². The molecule has 0 aliphatic heterocycles. The second kappa shape index (κ2) is 10.3. The number of nitrogens with one attached hydrogen (secondary N) is 3. The van der Waals surface area contributed by atoms with E-state index in [0.29, 0.717) is 18.8 Å². The quantitative estimate of drug-likeness (QED) is 0.119. The fourth-order valence-electron chi connectivity index (χ4n) is 1.04. The van der Waals surface area contributed by atoms with E-state index in [9.17, 15) is 4.79 Å². The smallest absolute Gasteiger partial charge is 0.257 e. The van der Waals surface area contributed by atoms with Crippen molar-refractivity contribution >= 4 is 11.6 Å². The van der Waals surface area contributed by atoms with Gasteiger partial charge in [0, 0.05) is 6.54 Å². The van der Waals surface area contributed by atoms with Gasteiger partial charge in [0.25, 0.3) is 5.91 Å². The molecule has 0 rings (SSSR count). The van der Waals surface area contributed by atoms with E-state index in [4.69, 9.17) is 10.4 Å². The number of carbonyl (C=O) groups is 1. The van der Waals surface area contributed by atoms with Crippen molar-refractivity contribution in [3.05, 3.63) is 0 Å². The Morgan fingerprint density at radius 2 is 1.88 bits per heavy atom. The molecule has 0 aliphatic rings. The van der Waals surface area contributed by atoms with Crippen LogP contribution in [0.1, 0.15) is 19.8 Å². The van der Waals surface area contributed by atoms with Crippen LogP contribution in [-0.4, -0.2) is 48.2 Å². The highest BCUT2D eigenvalue weighted by Gasteiger charge is 1.97. The second-order valence-corrected chi connectivity index (χ2v) is 3.26. The topological polar surface area (TPSA) is 106 Å². The third-order valence-electron chi connectivity index (χ3n) is 2.00. The van der Waals surface area contributed by atoms with Gasteiger partial charge in [-0.1, -0.05) is 12.1 Å². The number of carbonyl (C=O) groups excluding carboxylic acids is 1. The van der Waals surface area contributed by atoms with Crippen LogP contribution in [0, 0.1) is 0 Å². The molecule has 0 atom stereocenters. The van der Waals surface area contributed by atoms with Gasteiger partial charge in [-0.15, -0.1) is 0 Å². The molecule has 0 spiro atoms. The zero-order valence-corrected chi connectivity index (χ0v) is 9.49. The van der Waals surface area contributed by atoms with Crippen molar-refractivity contribution in [3.63, 3.8) is 0 Å². The number of rotatable bonds is 9. The van der Waals surface area contributed by atoms with Crippen molar-refractivity contribution in [2.24, 2.45) is 5.16 Å². The minimum atomic E-state index is -0.450. The average molecular weight is 232 g/mol. The van der Waals surface area contributed by atoms with Gasteiger partial charge in [0.2, 0.25) is 0 Å². The molecule has 0 aromatic carbocycles. The van der Waals surface area contributed by atoms with E-state index in [1.807, 2.05) is 6.92 Å². The van der Waals surface area contributed by atoms with E-state index >= 15 is 0 Å². The van der Waals surface area contributed by atoms with Gasteiger partial charge < -0.3 is 15.8 Å². The SMILES string of the molecule is CCC(CNCCCNCC(=O)NO)=NO. The highest BCUT2D eigenvalue weighted by Crippen LogP contribution is 1.82. The van der Waals surface area contributed by atoms with E-state index in [2.05, 4.69) is 15.8 Å². The molecule has 16 heavy (non-hydrogen) atoms. The molecule has 0 saturated heterocycles. The second-order valence-electron chi connectivity index (χ2n) is 3.26. The van der Waals surface area contributed by atoms with Crippen molar-refractivity contribution in [3.8, 4) is 0 Å². The minimum Gasteiger partial charge on any atom is -0.411 e. The minimum absolute atomic E-state index is 0.106. The zero-order valence-electron chi connectivity index (χ0n) is 9.49. The normalized spacial score (nSPS) is 11.5. The zero-order chi connectivity index (χ0) is 12.2. The number of amides is 1. The highest BCUT2D eigenvalue weighted by molar-refractivity contribution is 5.85. The van der Waals surface area contributed by atoms with Crippen LogP contribution in [0.5, 0.6) is 0 Å². The number of oxime groups is 1. The van der Waals surface area contributed by atoms with Crippen molar-refractivity contribution in [1.29, 1.82) is 0 Å². The lowest BCUT2D eigenvalue weighted by Gasteiger charge is -2.05. The lowest BCUT2D eigenvalue weighted by molar-refractivity contribution is -0.128. The maximum atomic E-state index is 10.6. The molecule has 7 heteroatoms.